The van der Waals surface area contributed by atoms with Crippen LogP contribution in [0.3, 0.4) is 0 Å². The number of anilines is 3. The predicted octanol–water partition coefficient (Wildman–Crippen LogP) is 3.44. The molecule has 4 rings (SSSR count). The molecular formula is C22H25N5O. The number of morpholine rings is 1. The first-order chi connectivity index (χ1) is 13.8. The Bertz CT molecular complexity index is 890. The van der Waals surface area contributed by atoms with E-state index in [4.69, 9.17) is 4.74 Å². The van der Waals surface area contributed by atoms with E-state index in [0.29, 0.717) is 5.95 Å². The van der Waals surface area contributed by atoms with Crippen molar-refractivity contribution in [2.75, 3.05) is 43.6 Å². The molecule has 2 heterocycles. The Labute approximate surface area is 165 Å². The number of nitrogens with one attached hydrogen (secondary N) is 2. The van der Waals surface area contributed by atoms with E-state index in [0.717, 1.165) is 49.7 Å². The number of rotatable bonds is 6. The third-order valence-corrected chi connectivity index (χ3v) is 4.79. The third-order valence-electron chi connectivity index (χ3n) is 4.79. The fourth-order valence-electron chi connectivity index (χ4n) is 3.31. The minimum atomic E-state index is 0.592. The summed E-state index contributed by atoms with van der Waals surface area (Å²) in [6.07, 6.45) is 3.71. The lowest BCUT2D eigenvalue weighted by atomic mass is 10.1. The maximum absolute atomic E-state index is 5.41. The molecule has 0 amide bonds. The fraction of sp³-hybridized carbons (Fsp3) is 0.273. The second-order valence-corrected chi connectivity index (χ2v) is 6.80. The monoisotopic (exact) mass is 375 g/mol. The van der Waals surface area contributed by atoms with Crippen LogP contribution < -0.4 is 15.5 Å². The van der Waals surface area contributed by atoms with Crippen LogP contribution in [0.2, 0.25) is 0 Å². The minimum Gasteiger partial charge on any atom is -0.378 e. The number of ether oxygens (including phenoxy) is 1. The van der Waals surface area contributed by atoms with Crippen LogP contribution in [0.1, 0.15) is 5.56 Å². The summed E-state index contributed by atoms with van der Waals surface area (Å²) in [5, 5.41) is 6.44. The van der Waals surface area contributed by atoms with Gasteiger partial charge in [0, 0.05) is 49.0 Å². The molecule has 0 bridgehead atoms. The zero-order valence-electron chi connectivity index (χ0n) is 16.1. The van der Waals surface area contributed by atoms with E-state index in [1.165, 1.54) is 11.3 Å². The first-order valence-corrected chi connectivity index (χ1v) is 9.57. The summed E-state index contributed by atoms with van der Waals surface area (Å²) in [5.74, 6) is 0.592. The van der Waals surface area contributed by atoms with Crippen molar-refractivity contribution in [1.29, 1.82) is 0 Å². The van der Waals surface area contributed by atoms with Crippen molar-refractivity contribution in [1.82, 2.24) is 15.3 Å². The van der Waals surface area contributed by atoms with Crippen molar-refractivity contribution in [3.63, 3.8) is 0 Å². The van der Waals surface area contributed by atoms with E-state index < -0.39 is 0 Å². The largest absolute Gasteiger partial charge is 0.378 e. The fourth-order valence-corrected chi connectivity index (χ4v) is 3.31. The molecule has 144 valence electrons. The molecule has 2 N–H and O–H groups in total. The van der Waals surface area contributed by atoms with Gasteiger partial charge in [0.2, 0.25) is 5.95 Å². The van der Waals surface area contributed by atoms with Crippen LogP contribution >= 0.6 is 0 Å². The summed E-state index contributed by atoms with van der Waals surface area (Å²) in [6.45, 7) is 4.30. The molecule has 0 radical (unpaired) electrons. The first kappa shape index (κ1) is 18.4. The maximum Gasteiger partial charge on any atom is 0.227 e. The van der Waals surface area contributed by atoms with Gasteiger partial charge in [0.25, 0.3) is 0 Å². The summed E-state index contributed by atoms with van der Waals surface area (Å²) in [6, 6.07) is 16.8. The van der Waals surface area contributed by atoms with Gasteiger partial charge in [-0.3, -0.25) is 0 Å². The van der Waals surface area contributed by atoms with Gasteiger partial charge in [0.15, 0.2) is 0 Å². The van der Waals surface area contributed by atoms with Gasteiger partial charge < -0.3 is 20.3 Å². The smallest absolute Gasteiger partial charge is 0.227 e. The van der Waals surface area contributed by atoms with E-state index in [9.17, 15) is 0 Å². The van der Waals surface area contributed by atoms with Crippen molar-refractivity contribution in [3.8, 4) is 11.1 Å². The van der Waals surface area contributed by atoms with Crippen LogP contribution in [-0.4, -0.2) is 43.3 Å². The van der Waals surface area contributed by atoms with Crippen LogP contribution in [0.15, 0.2) is 60.9 Å². The zero-order chi connectivity index (χ0) is 19.2. The molecule has 1 fully saturated rings. The molecule has 0 unspecified atom stereocenters. The summed E-state index contributed by atoms with van der Waals surface area (Å²) in [4.78, 5) is 11.3. The third kappa shape index (κ3) is 4.47. The number of benzene rings is 2. The molecule has 2 aromatic carbocycles. The predicted molar refractivity (Wildman–Crippen MR) is 113 cm³/mol. The summed E-state index contributed by atoms with van der Waals surface area (Å²) < 4.78 is 5.41. The van der Waals surface area contributed by atoms with Gasteiger partial charge in [-0.05, 0) is 48.5 Å². The molecule has 6 nitrogen and oxygen atoms in total. The number of hydrogen-bond donors (Lipinski definition) is 2. The highest BCUT2D eigenvalue weighted by molar-refractivity contribution is 5.64. The number of hydrogen-bond acceptors (Lipinski definition) is 6. The second kappa shape index (κ2) is 8.82. The van der Waals surface area contributed by atoms with E-state index in [1.807, 2.05) is 19.4 Å². The first-order valence-electron chi connectivity index (χ1n) is 9.57. The van der Waals surface area contributed by atoms with Crippen LogP contribution in [0, 0.1) is 0 Å². The van der Waals surface area contributed by atoms with Crippen LogP contribution in [0.4, 0.5) is 17.3 Å². The molecule has 0 atom stereocenters. The highest BCUT2D eigenvalue weighted by atomic mass is 16.5. The van der Waals surface area contributed by atoms with E-state index in [2.05, 4.69) is 74.0 Å². The molecule has 1 saturated heterocycles. The number of nitrogens with zero attached hydrogens (tertiary/aromatic N) is 3. The van der Waals surface area contributed by atoms with E-state index in [1.54, 1.807) is 0 Å². The molecule has 28 heavy (non-hydrogen) atoms. The van der Waals surface area contributed by atoms with Gasteiger partial charge >= 0.3 is 0 Å². The molecule has 3 aromatic rings. The Morgan fingerprint density at radius 1 is 0.964 bits per heavy atom. The average molecular weight is 375 g/mol. The lowest BCUT2D eigenvalue weighted by Gasteiger charge is -2.28. The average Bonchev–Trinajstić information content (AvgIpc) is 2.76. The van der Waals surface area contributed by atoms with Gasteiger partial charge in [-0.25, -0.2) is 9.97 Å². The van der Waals surface area contributed by atoms with Crippen LogP contribution in [-0.2, 0) is 11.3 Å². The molecular weight excluding hydrogens is 350 g/mol. The minimum absolute atomic E-state index is 0.592. The molecule has 1 aromatic heterocycles. The van der Waals surface area contributed by atoms with Gasteiger partial charge in [-0.15, -0.1) is 0 Å². The SMILES string of the molecule is CNCc1cccc(-c2cnc(Nc3ccc(N4CCOCC4)cc3)nc2)c1. The molecule has 1 aliphatic heterocycles. The van der Waals surface area contributed by atoms with Gasteiger partial charge in [0.05, 0.1) is 13.2 Å². The van der Waals surface area contributed by atoms with E-state index in [-0.39, 0.29) is 0 Å². The molecule has 1 aliphatic rings. The zero-order valence-corrected chi connectivity index (χ0v) is 16.1. The van der Waals surface area contributed by atoms with Crippen molar-refractivity contribution in [2.45, 2.75) is 6.54 Å². The van der Waals surface area contributed by atoms with Crippen LogP contribution in [0.5, 0.6) is 0 Å². The molecule has 6 heteroatoms. The summed E-state index contributed by atoms with van der Waals surface area (Å²) in [7, 11) is 1.95. The van der Waals surface area contributed by atoms with Crippen molar-refractivity contribution in [2.24, 2.45) is 0 Å². The summed E-state index contributed by atoms with van der Waals surface area (Å²) >= 11 is 0. The molecule has 0 saturated carbocycles. The maximum atomic E-state index is 5.41. The van der Waals surface area contributed by atoms with Crippen molar-refractivity contribution < 1.29 is 4.74 Å². The van der Waals surface area contributed by atoms with Crippen molar-refractivity contribution >= 4 is 17.3 Å². The highest BCUT2D eigenvalue weighted by Crippen LogP contribution is 2.22. The lowest BCUT2D eigenvalue weighted by molar-refractivity contribution is 0.122. The van der Waals surface area contributed by atoms with Gasteiger partial charge in [0.1, 0.15) is 0 Å². The Balaban J connectivity index is 1.42. The van der Waals surface area contributed by atoms with Crippen LogP contribution in [0.25, 0.3) is 11.1 Å². The van der Waals surface area contributed by atoms with Gasteiger partial charge in [-0.1, -0.05) is 18.2 Å². The van der Waals surface area contributed by atoms with Gasteiger partial charge in [-0.2, -0.15) is 0 Å². The molecule has 0 spiro atoms. The Morgan fingerprint density at radius 3 is 2.43 bits per heavy atom. The standard InChI is InChI=1S/C22H25N5O/c1-23-14-17-3-2-4-18(13-17)19-15-24-22(25-16-19)26-20-5-7-21(8-6-20)27-9-11-28-12-10-27/h2-8,13,15-16,23H,9-12,14H2,1H3,(H,24,25,26). The normalized spacial score (nSPS) is 14.1. The highest BCUT2D eigenvalue weighted by Gasteiger charge is 2.11. The number of aromatic nitrogens is 2. The lowest BCUT2D eigenvalue weighted by Crippen LogP contribution is -2.36. The van der Waals surface area contributed by atoms with Crippen molar-refractivity contribution in [3.05, 3.63) is 66.5 Å². The molecule has 0 aliphatic carbocycles. The quantitative estimate of drug-likeness (QED) is 0.688. The van der Waals surface area contributed by atoms with E-state index >= 15 is 0 Å². The Hall–Kier alpha value is -2.96. The summed E-state index contributed by atoms with van der Waals surface area (Å²) in [5.41, 5.74) is 5.55. The second-order valence-electron chi connectivity index (χ2n) is 6.80. The topological polar surface area (TPSA) is 62.3 Å². The Kier molecular flexibility index (Phi) is 5.80. The Morgan fingerprint density at radius 2 is 1.71 bits per heavy atom.